The van der Waals surface area contributed by atoms with Gasteiger partial charge in [-0.1, -0.05) is 19.9 Å². The number of hydrogen-bond donors (Lipinski definition) is 3. The van der Waals surface area contributed by atoms with Crippen LogP contribution in [0.2, 0.25) is 0 Å². The molecule has 0 aromatic heterocycles. The molecule has 0 spiro atoms. The van der Waals surface area contributed by atoms with Crippen molar-refractivity contribution in [3.63, 3.8) is 0 Å². The number of primary amides is 1. The van der Waals surface area contributed by atoms with Gasteiger partial charge < -0.3 is 16.4 Å². The maximum atomic E-state index is 11.3. The van der Waals surface area contributed by atoms with Crippen LogP contribution in [-0.4, -0.2) is 30.4 Å². The molecule has 0 aliphatic rings. The summed E-state index contributed by atoms with van der Waals surface area (Å²) in [5.41, 5.74) is 5.32. The van der Waals surface area contributed by atoms with Crippen LogP contribution >= 0.6 is 0 Å². The molecule has 0 saturated heterocycles. The Morgan fingerprint density at radius 1 is 1.32 bits per heavy atom. The van der Waals surface area contributed by atoms with Crippen molar-refractivity contribution in [2.24, 2.45) is 5.73 Å². The summed E-state index contributed by atoms with van der Waals surface area (Å²) < 4.78 is 0. The number of rotatable bonds is 11. The first-order valence-electron chi connectivity index (χ1n) is 6.90. The highest BCUT2D eigenvalue weighted by molar-refractivity contribution is 5.79. The second-order valence-corrected chi connectivity index (χ2v) is 4.95. The lowest BCUT2D eigenvalue weighted by Gasteiger charge is -2.18. The number of unbranched alkanes of at least 4 members (excludes halogenated alkanes) is 1. The minimum atomic E-state index is -0.316. The Balaban J connectivity index is 3.68. The van der Waals surface area contributed by atoms with Crippen LogP contribution in [0.1, 0.15) is 46.0 Å². The summed E-state index contributed by atoms with van der Waals surface area (Å²) >= 11 is 0. The first-order chi connectivity index (χ1) is 8.97. The van der Waals surface area contributed by atoms with E-state index in [0.717, 1.165) is 12.8 Å². The van der Waals surface area contributed by atoms with Gasteiger partial charge in [0.15, 0.2) is 0 Å². The molecular weight excluding hydrogens is 242 g/mol. The van der Waals surface area contributed by atoms with Crippen LogP contribution in [0.15, 0.2) is 12.7 Å². The molecule has 5 heteroatoms. The molecule has 0 saturated carbocycles. The van der Waals surface area contributed by atoms with E-state index in [0.29, 0.717) is 25.8 Å². The summed E-state index contributed by atoms with van der Waals surface area (Å²) in [5.74, 6) is -0.268. The predicted molar refractivity (Wildman–Crippen MR) is 77.5 cm³/mol. The molecule has 2 amide bonds. The lowest BCUT2D eigenvalue weighted by molar-refractivity contribution is -0.121. The zero-order valence-electron chi connectivity index (χ0n) is 12.1. The van der Waals surface area contributed by atoms with Crippen LogP contribution in [-0.2, 0) is 9.59 Å². The van der Waals surface area contributed by atoms with Gasteiger partial charge in [0.2, 0.25) is 11.8 Å². The highest BCUT2D eigenvalue weighted by Gasteiger charge is 2.15. The summed E-state index contributed by atoms with van der Waals surface area (Å²) in [4.78, 5) is 22.5. The van der Waals surface area contributed by atoms with Crippen LogP contribution in [0.4, 0.5) is 0 Å². The third-order valence-corrected chi connectivity index (χ3v) is 2.70. The summed E-state index contributed by atoms with van der Waals surface area (Å²) in [5, 5.41) is 5.97. The van der Waals surface area contributed by atoms with Crippen molar-refractivity contribution in [2.75, 3.05) is 6.54 Å². The van der Waals surface area contributed by atoms with Crippen molar-refractivity contribution in [3.8, 4) is 0 Å². The van der Waals surface area contributed by atoms with Gasteiger partial charge in [0.05, 0.1) is 6.04 Å². The molecule has 4 N–H and O–H groups in total. The lowest BCUT2D eigenvalue weighted by Crippen LogP contribution is -2.44. The fraction of sp³-hybridized carbons (Fsp3) is 0.714. The lowest BCUT2D eigenvalue weighted by atomic mass is 10.1. The molecule has 0 aromatic rings. The second kappa shape index (κ2) is 10.6. The molecule has 5 nitrogen and oxygen atoms in total. The smallest absolute Gasteiger partial charge is 0.234 e. The molecule has 1 unspecified atom stereocenters. The number of carbonyl (C=O) groups is 2. The Labute approximate surface area is 116 Å². The van der Waals surface area contributed by atoms with Crippen LogP contribution in [0.25, 0.3) is 0 Å². The van der Waals surface area contributed by atoms with E-state index in [1.807, 2.05) is 13.8 Å². The second-order valence-electron chi connectivity index (χ2n) is 4.95. The third kappa shape index (κ3) is 10.3. The van der Waals surface area contributed by atoms with Gasteiger partial charge in [-0.05, 0) is 25.7 Å². The molecule has 0 fully saturated rings. The Kier molecular flexibility index (Phi) is 9.80. The molecular formula is C14H27N3O2. The van der Waals surface area contributed by atoms with Gasteiger partial charge in [0.25, 0.3) is 0 Å². The first-order valence-corrected chi connectivity index (χ1v) is 6.90. The van der Waals surface area contributed by atoms with Gasteiger partial charge in [-0.2, -0.15) is 0 Å². The van der Waals surface area contributed by atoms with E-state index in [9.17, 15) is 9.59 Å². The van der Waals surface area contributed by atoms with Crippen molar-refractivity contribution in [2.45, 2.75) is 58.0 Å². The number of allylic oxidation sites excluding steroid dienone is 1. The van der Waals surface area contributed by atoms with Crippen LogP contribution in [0, 0.1) is 0 Å². The van der Waals surface area contributed by atoms with Gasteiger partial charge in [0, 0.05) is 19.0 Å². The number of nitrogens with one attached hydrogen (secondary N) is 2. The van der Waals surface area contributed by atoms with Crippen LogP contribution in [0.5, 0.6) is 0 Å². The van der Waals surface area contributed by atoms with E-state index >= 15 is 0 Å². The average Bonchev–Trinajstić information content (AvgIpc) is 2.33. The fourth-order valence-electron chi connectivity index (χ4n) is 1.73. The van der Waals surface area contributed by atoms with Crippen molar-refractivity contribution in [3.05, 3.63) is 12.7 Å². The highest BCUT2D eigenvalue weighted by atomic mass is 16.2. The third-order valence-electron chi connectivity index (χ3n) is 2.70. The van der Waals surface area contributed by atoms with Gasteiger partial charge in [-0.25, -0.2) is 0 Å². The van der Waals surface area contributed by atoms with E-state index in [1.165, 1.54) is 0 Å². The Morgan fingerprint density at radius 2 is 2.00 bits per heavy atom. The molecule has 0 radical (unpaired) electrons. The molecule has 19 heavy (non-hydrogen) atoms. The minimum Gasteiger partial charge on any atom is -0.368 e. The number of amides is 2. The van der Waals surface area contributed by atoms with Crippen LogP contribution in [0.3, 0.4) is 0 Å². The predicted octanol–water partition coefficient (Wildman–Crippen LogP) is 1.09. The summed E-state index contributed by atoms with van der Waals surface area (Å²) in [7, 11) is 0. The van der Waals surface area contributed by atoms with E-state index in [4.69, 9.17) is 5.73 Å². The fourth-order valence-corrected chi connectivity index (χ4v) is 1.73. The Bertz CT molecular complexity index is 290. The van der Waals surface area contributed by atoms with Crippen molar-refractivity contribution >= 4 is 11.8 Å². The molecule has 0 heterocycles. The molecule has 0 bridgehead atoms. The van der Waals surface area contributed by atoms with Gasteiger partial charge in [0.1, 0.15) is 0 Å². The van der Waals surface area contributed by atoms with Gasteiger partial charge in [-0.3, -0.25) is 9.59 Å². The molecule has 0 aliphatic heterocycles. The Hall–Kier alpha value is -1.36. The average molecular weight is 269 g/mol. The van der Waals surface area contributed by atoms with E-state index in [-0.39, 0.29) is 23.9 Å². The zero-order valence-corrected chi connectivity index (χ0v) is 12.1. The van der Waals surface area contributed by atoms with E-state index < -0.39 is 0 Å². The molecule has 0 aromatic carbocycles. The number of nitrogens with two attached hydrogens (primary N) is 1. The summed E-state index contributed by atoms with van der Waals surface area (Å²) in [6.07, 6.45) is 5.33. The van der Waals surface area contributed by atoms with Gasteiger partial charge in [-0.15, -0.1) is 6.58 Å². The van der Waals surface area contributed by atoms with Gasteiger partial charge >= 0.3 is 0 Å². The SMILES string of the molecule is C=CCCC(=O)NCCCCC(NC(C)C)C(N)=O. The summed E-state index contributed by atoms with van der Waals surface area (Å²) in [6.45, 7) is 8.18. The standard InChI is InChI=1S/C14H27N3O2/c1-4-5-9-13(18)16-10-7-6-8-12(14(15)19)17-11(2)3/h4,11-12,17H,1,5-10H2,2-3H3,(H2,15,19)(H,16,18). The molecule has 1 atom stereocenters. The quantitative estimate of drug-likeness (QED) is 0.388. The maximum Gasteiger partial charge on any atom is 0.234 e. The Morgan fingerprint density at radius 3 is 2.53 bits per heavy atom. The number of carbonyl (C=O) groups excluding carboxylic acids is 2. The number of hydrogen-bond acceptors (Lipinski definition) is 3. The van der Waals surface area contributed by atoms with E-state index in [1.54, 1.807) is 6.08 Å². The van der Waals surface area contributed by atoms with Crippen molar-refractivity contribution < 1.29 is 9.59 Å². The largest absolute Gasteiger partial charge is 0.368 e. The monoisotopic (exact) mass is 269 g/mol. The molecule has 0 aliphatic carbocycles. The van der Waals surface area contributed by atoms with Crippen molar-refractivity contribution in [1.29, 1.82) is 0 Å². The molecule has 110 valence electrons. The minimum absolute atomic E-state index is 0.0478. The molecule has 0 rings (SSSR count). The topological polar surface area (TPSA) is 84.2 Å². The highest BCUT2D eigenvalue weighted by Crippen LogP contribution is 2.01. The maximum absolute atomic E-state index is 11.3. The summed E-state index contributed by atoms with van der Waals surface area (Å²) in [6, 6.07) is -0.0485. The van der Waals surface area contributed by atoms with E-state index in [2.05, 4.69) is 17.2 Å². The van der Waals surface area contributed by atoms with Crippen molar-refractivity contribution in [1.82, 2.24) is 10.6 Å². The van der Waals surface area contributed by atoms with Crippen LogP contribution < -0.4 is 16.4 Å². The zero-order chi connectivity index (χ0) is 14.7. The first kappa shape index (κ1) is 17.6. The normalized spacial score (nSPS) is 12.2.